The van der Waals surface area contributed by atoms with E-state index in [0.29, 0.717) is 6.42 Å². The molecule has 0 aromatic carbocycles. The highest BCUT2D eigenvalue weighted by molar-refractivity contribution is 7.12. The van der Waals surface area contributed by atoms with Crippen molar-refractivity contribution in [1.29, 1.82) is 0 Å². The minimum Gasteiger partial charge on any atom is -0.271 e. The molecule has 0 radical (unpaired) electrons. The zero-order chi connectivity index (χ0) is 10.7. The molecule has 1 aliphatic carbocycles. The number of nitrogens with two attached hydrogens (primary N) is 1. The summed E-state index contributed by atoms with van der Waals surface area (Å²) in [6.45, 7) is 0. The zero-order valence-corrected chi connectivity index (χ0v) is 9.57. The van der Waals surface area contributed by atoms with Crippen molar-refractivity contribution in [2.24, 2.45) is 5.84 Å². The smallest absolute Gasteiger partial charge is 0.0662 e. The van der Waals surface area contributed by atoms with Crippen LogP contribution in [0.2, 0.25) is 0 Å². The van der Waals surface area contributed by atoms with E-state index in [0.717, 1.165) is 0 Å². The predicted octanol–water partition coefficient (Wildman–Crippen LogP) is 2.15. The van der Waals surface area contributed by atoms with Gasteiger partial charge in [-0.1, -0.05) is 0 Å². The van der Waals surface area contributed by atoms with Crippen molar-refractivity contribution < 1.29 is 0 Å². The topological polar surface area (TPSA) is 38.0 Å². The molecule has 3 N–H and O–H groups in total. The van der Waals surface area contributed by atoms with Gasteiger partial charge in [-0.25, -0.2) is 0 Å². The predicted molar refractivity (Wildman–Crippen MR) is 64.5 cm³/mol. The first kappa shape index (κ1) is 10.7. The van der Waals surface area contributed by atoms with Gasteiger partial charge in [-0.3, -0.25) is 11.3 Å². The van der Waals surface area contributed by atoms with Gasteiger partial charge in [-0.2, -0.15) is 0 Å². The highest BCUT2D eigenvalue weighted by Crippen LogP contribution is 2.33. The first-order chi connectivity index (χ1) is 7.35. The van der Waals surface area contributed by atoms with Gasteiger partial charge in [0.2, 0.25) is 0 Å². The van der Waals surface area contributed by atoms with Gasteiger partial charge < -0.3 is 0 Å². The van der Waals surface area contributed by atoms with Crippen molar-refractivity contribution in [1.82, 2.24) is 5.43 Å². The molecule has 1 unspecified atom stereocenters. The molecule has 2 rings (SSSR count). The summed E-state index contributed by atoms with van der Waals surface area (Å²) in [6.07, 6.45) is 11.1. The van der Waals surface area contributed by atoms with Gasteiger partial charge in [-0.05, 0) is 37.3 Å². The lowest BCUT2D eigenvalue weighted by atomic mass is 9.98. The van der Waals surface area contributed by atoms with Gasteiger partial charge in [0.15, 0.2) is 0 Å². The molecule has 3 heteroatoms. The summed E-state index contributed by atoms with van der Waals surface area (Å²) in [7, 11) is 0. The Labute approximate surface area is 94.8 Å². The number of terminal acetylenes is 1. The molecule has 1 aromatic rings. The van der Waals surface area contributed by atoms with Crippen molar-refractivity contribution in [2.45, 2.75) is 38.1 Å². The molecular formula is C12H16N2S. The first-order valence-electron chi connectivity index (χ1n) is 5.36. The Balaban J connectivity index is 2.21. The normalized spacial score (nSPS) is 16.8. The van der Waals surface area contributed by atoms with Crippen molar-refractivity contribution in [3.8, 4) is 12.3 Å². The van der Waals surface area contributed by atoms with Crippen LogP contribution >= 0.6 is 11.3 Å². The fourth-order valence-corrected chi connectivity index (χ4v) is 3.36. The lowest BCUT2D eigenvalue weighted by molar-refractivity contribution is 0.576. The van der Waals surface area contributed by atoms with Gasteiger partial charge in [-0.15, -0.1) is 23.7 Å². The number of hydrogen-bond acceptors (Lipinski definition) is 3. The van der Waals surface area contributed by atoms with Crippen LogP contribution in [0.4, 0.5) is 0 Å². The second kappa shape index (κ2) is 4.80. The molecule has 2 nitrogen and oxygen atoms in total. The first-order valence-corrected chi connectivity index (χ1v) is 6.18. The monoisotopic (exact) mass is 220 g/mol. The largest absolute Gasteiger partial charge is 0.271 e. The lowest BCUT2D eigenvalue weighted by Crippen LogP contribution is -2.26. The molecule has 0 aliphatic heterocycles. The number of fused-ring (bicyclic) bond motifs is 1. The average molecular weight is 220 g/mol. The molecule has 0 fully saturated rings. The third kappa shape index (κ3) is 2.23. The molecule has 0 amide bonds. The maximum Gasteiger partial charge on any atom is 0.0662 e. The van der Waals surface area contributed by atoms with Crippen molar-refractivity contribution in [3.63, 3.8) is 0 Å². The van der Waals surface area contributed by atoms with Crippen LogP contribution in [0.15, 0.2) is 6.07 Å². The van der Waals surface area contributed by atoms with Crippen LogP contribution in [0, 0.1) is 12.3 Å². The molecular weight excluding hydrogens is 204 g/mol. The summed E-state index contributed by atoms with van der Waals surface area (Å²) < 4.78 is 0. The molecule has 0 saturated carbocycles. The Morgan fingerprint density at radius 2 is 2.33 bits per heavy atom. The number of aryl methyl sites for hydroxylation is 2. The molecule has 15 heavy (non-hydrogen) atoms. The molecule has 1 atom stereocenters. The van der Waals surface area contributed by atoms with Crippen LogP contribution < -0.4 is 11.3 Å². The fraction of sp³-hybridized carbons (Fsp3) is 0.500. The summed E-state index contributed by atoms with van der Waals surface area (Å²) in [6, 6.07) is 2.41. The summed E-state index contributed by atoms with van der Waals surface area (Å²) >= 11 is 1.87. The van der Waals surface area contributed by atoms with Crippen molar-refractivity contribution in [3.05, 3.63) is 21.4 Å². The lowest BCUT2D eigenvalue weighted by Gasteiger charge is -2.09. The third-order valence-electron chi connectivity index (χ3n) is 2.88. The van der Waals surface area contributed by atoms with Gasteiger partial charge in [0.1, 0.15) is 0 Å². The van der Waals surface area contributed by atoms with Crippen LogP contribution in [-0.2, 0) is 12.8 Å². The minimum atomic E-state index is 0.130. The van der Waals surface area contributed by atoms with E-state index >= 15 is 0 Å². The summed E-state index contributed by atoms with van der Waals surface area (Å²) in [4.78, 5) is 2.83. The Morgan fingerprint density at radius 1 is 1.53 bits per heavy atom. The maximum atomic E-state index is 5.51. The van der Waals surface area contributed by atoms with E-state index in [9.17, 15) is 0 Å². The van der Waals surface area contributed by atoms with Gasteiger partial charge >= 0.3 is 0 Å². The van der Waals surface area contributed by atoms with Gasteiger partial charge in [0.25, 0.3) is 0 Å². The molecule has 1 aromatic heterocycles. The van der Waals surface area contributed by atoms with Gasteiger partial charge in [0, 0.05) is 16.2 Å². The van der Waals surface area contributed by atoms with Crippen molar-refractivity contribution in [2.75, 3.05) is 0 Å². The SMILES string of the molecule is C#CCC(NN)c1cc2c(s1)CCCC2. The van der Waals surface area contributed by atoms with Crippen molar-refractivity contribution >= 4 is 11.3 Å². The Morgan fingerprint density at radius 3 is 3.00 bits per heavy atom. The number of rotatable bonds is 3. The van der Waals surface area contributed by atoms with Crippen LogP contribution in [0.3, 0.4) is 0 Å². The summed E-state index contributed by atoms with van der Waals surface area (Å²) in [5.41, 5.74) is 4.31. The van der Waals surface area contributed by atoms with E-state index in [1.807, 2.05) is 11.3 Å². The average Bonchev–Trinajstić information content (AvgIpc) is 2.69. The molecule has 1 aliphatic rings. The summed E-state index contributed by atoms with van der Waals surface area (Å²) in [5, 5.41) is 0. The molecule has 1 heterocycles. The summed E-state index contributed by atoms with van der Waals surface area (Å²) in [5.74, 6) is 8.17. The van der Waals surface area contributed by atoms with Crippen LogP contribution in [0.25, 0.3) is 0 Å². The van der Waals surface area contributed by atoms with Crippen LogP contribution in [-0.4, -0.2) is 0 Å². The minimum absolute atomic E-state index is 0.130. The molecule has 0 spiro atoms. The van der Waals surface area contributed by atoms with E-state index < -0.39 is 0 Å². The maximum absolute atomic E-state index is 5.51. The number of thiophene rings is 1. The zero-order valence-electron chi connectivity index (χ0n) is 8.75. The number of nitrogens with one attached hydrogen (secondary N) is 1. The molecule has 0 bridgehead atoms. The van der Waals surface area contributed by atoms with E-state index in [2.05, 4.69) is 17.4 Å². The third-order valence-corrected chi connectivity index (χ3v) is 4.23. The van der Waals surface area contributed by atoms with E-state index in [1.54, 1.807) is 0 Å². The number of hydrazine groups is 1. The quantitative estimate of drug-likeness (QED) is 0.465. The Bertz CT molecular complexity index is 352. The van der Waals surface area contributed by atoms with Gasteiger partial charge in [0.05, 0.1) is 6.04 Å². The number of hydrogen-bond donors (Lipinski definition) is 2. The van der Waals surface area contributed by atoms with Crippen LogP contribution in [0.1, 0.15) is 40.6 Å². The Kier molecular flexibility index (Phi) is 3.42. The fourth-order valence-electron chi connectivity index (χ4n) is 2.04. The van der Waals surface area contributed by atoms with E-state index in [-0.39, 0.29) is 6.04 Å². The highest BCUT2D eigenvalue weighted by Gasteiger charge is 2.17. The van der Waals surface area contributed by atoms with E-state index in [1.165, 1.54) is 41.0 Å². The van der Waals surface area contributed by atoms with E-state index in [4.69, 9.17) is 12.3 Å². The second-order valence-corrected chi connectivity index (χ2v) is 5.10. The molecule has 80 valence electrons. The molecule has 0 saturated heterocycles. The standard InChI is InChI=1S/C12H16N2S/c1-2-5-10(14-13)12-8-9-6-3-4-7-11(9)15-12/h1,8,10,14H,3-7,13H2. The Hall–Kier alpha value is -0.820. The van der Waals surface area contributed by atoms with Crippen LogP contribution in [0.5, 0.6) is 0 Å². The second-order valence-electron chi connectivity index (χ2n) is 3.93. The highest BCUT2D eigenvalue weighted by atomic mass is 32.1.